The van der Waals surface area contributed by atoms with Crippen molar-refractivity contribution in [2.75, 3.05) is 6.54 Å². The summed E-state index contributed by atoms with van der Waals surface area (Å²) in [4.78, 5) is 0. The van der Waals surface area contributed by atoms with Crippen LogP contribution in [0.4, 0.5) is 0 Å². The molecule has 0 aromatic carbocycles. The highest BCUT2D eigenvalue weighted by Gasteiger charge is 2.22. The van der Waals surface area contributed by atoms with Gasteiger partial charge in [-0.15, -0.1) is 0 Å². The zero-order valence-corrected chi connectivity index (χ0v) is 17.7. The molecule has 0 saturated heterocycles. The minimum Gasteiger partial charge on any atom is -0.390 e. The first-order valence-corrected chi connectivity index (χ1v) is 11.3. The van der Waals surface area contributed by atoms with Gasteiger partial charge in [0.05, 0.1) is 12.2 Å². The average Bonchev–Trinajstić information content (AvgIpc) is 2.59. The topological polar surface area (TPSA) is 41.5 Å². The molecule has 152 valence electrons. The molecule has 0 spiro atoms. The lowest BCUT2D eigenvalue weighted by molar-refractivity contribution is -0.0962. The molecule has 3 nitrogen and oxygen atoms in total. The van der Waals surface area contributed by atoms with E-state index in [1.807, 2.05) is 0 Å². The van der Waals surface area contributed by atoms with Crippen molar-refractivity contribution in [3.05, 3.63) is 0 Å². The molecule has 0 bridgehead atoms. The van der Waals surface area contributed by atoms with Crippen LogP contribution in [0.1, 0.15) is 118 Å². The Kier molecular flexibility index (Phi) is 18.6. The standard InChI is InChI=1S/C22H47NO2/c1-5-9-10-11-12-13-14-15-16-19-21(20(24)17-6-2)25-22(18-7-3)23-8-4/h20-24H,5-19H2,1-4H3. The number of aliphatic hydroxyl groups is 1. The minimum atomic E-state index is -0.322. The predicted octanol–water partition coefficient (Wildman–Crippen LogP) is 6.19. The summed E-state index contributed by atoms with van der Waals surface area (Å²) in [5, 5.41) is 13.9. The van der Waals surface area contributed by atoms with E-state index in [0.29, 0.717) is 0 Å². The Bertz CT molecular complexity index is 254. The number of rotatable bonds is 19. The molecular formula is C22H47NO2. The first-order chi connectivity index (χ1) is 12.2. The van der Waals surface area contributed by atoms with Crippen LogP contribution in [-0.4, -0.2) is 30.1 Å². The van der Waals surface area contributed by atoms with E-state index in [9.17, 15) is 5.11 Å². The molecule has 0 amide bonds. The molecule has 0 aliphatic carbocycles. The molecule has 0 aromatic heterocycles. The molecule has 3 atom stereocenters. The second kappa shape index (κ2) is 18.7. The third kappa shape index (κ3) is 14.7. The molecular weight excluding hydrogens is 310 g/mol. The van der Waals surface area contributed by atoms with Crippen molar-refractivity contribution in [1.29, 1.82) is 0 Å². The summed E-state index contributed by atoms with van der Waals surface area (Å²) in [7, 11) is 0. The first kappa shape index (κ1) is 24.9. The van der Waals surface area contributed by atoms with Gasteiger partial charge in [-0.05, 0) is 25.8 Å². The quantitative estimate of drug-likeness (QED) is 0.214. The lowest BCUT2D eigenvalue weighted by Gasteiger charge is -2.29. The third-order valence-electron chi connectivity index (χ3n) is 4.93. The molecule has 2 N–H and O–H groups in total. The van der Waals surface area contributed by atoms with Crippen molar-refractivity contribution in [3.63, 3.8) is 0 Å². The summed E-state index contributed by atoms with van der Waals surface area (Å²) in [6.45, 7) is 9.62. The van der Waals surface area contributed by atoms with E-state index in [4.69, 9.17) is 4.74 Å². The first-order valence-electron chi connectivity index (χ1n) is 11.3. The molecule has 0 fully saturated rings. The number of hydrogen-bond acceptors (Lipinski definition) is 3. The molecule has 0 heterocycles. The predicted molar refractivity (Wildman–Crippen MR) is 110 cm³/mol. The highest BCUT2D eigenvalue weighted by Crippen LogP contribution is 2.18. The highest BCUT2D eigenvalue weighted by atomic mass is 16.5. The van der Waals surface area contributed by atoms with E-state index >= 15 is 0 Å². The molecule has 0 rings (SSSR count). The Labute approximate surface area is 158 Å². The molecule has 3 unspecified atom stereocenters. The van der Waals surface area contributed by atoms with Crippen molar-refractivity contribution in [1.82, 2.24) is 5.32 Å². The fourth-order valence-corrected chi connectivity index (χ4v) is 3.41. The molecule has 0 saturated carbocycles. The molecule has 0 aliphatic heterocycles. The van der Waals surface area contributed by atoms with Gasteiger partial charge in [-0.25, -0.2) is 0 Å². The van der Waals surface area contributed by atoms with Crippen molar-refractivity contribution < 1.29 is 9.84 Å². The maximum absolute atomic E-state index is 10.5. The molecule has 0 aromatic rings. The molecule has 0 radical (unpaired) electrons. The smallest absolute Gasteiger partial charge is 0.108 e. The number of unbranched alkanes of at least 4 members (excludes halogenated alkanes) is 8. The van der Waals surface area contributed by atoms with Gasteiger partial charge in [-0.1, -0.05) is 98.3 Å². The van der Waals surface area contributed by atoms with Gasteiger partial charge in [0, 0.05) is 0 Å². The number of hydrogen-bond donors (Lipinski definition) is 2. The van der Waals surface area contributed by atoms with E-state index in [1.165, 1.54) is 57.8 Å². The fraction of sp³-hybridized carbons (Fsp3) is 1.00. The van der Waals surface area contributed by atoms with Gasteiger partial charge >= 0.3 is 0 Å². The van der Waals surface area contributed by atoms with Crippen molar-refractivity contribution in [3.8, 4) is 0 Å². The largest absolute Gasteiger partial charge is 0.390 e. The summed E-state index contributed by atoms with van der Waals surface area (Å²) in [5.74, 6) is 0. The van der Waals surface area contributed by atoms with Crippen LogP contribution in [-0.2, 0) is 4.74 Å². The molecule has 25 heavy (non-hydrogen) atoms. The Morgan fingerprint density at radius 2 is 1.24 bits per heavy atom. The maximum atomic E-state index is 10.5. The Hall–Kier alpha value is -0.120. The zero-order chi connectivity index (χ0) is 18.8. The van der Waals surface area contributed by atoms with E-state index in [1.54, 1.807) is 0 Å². The SMILES string of the molecule is CCCCCCCCCCCC(OC(CCC)NCC)C(O)CCC. The number of aliphatic hydroxyl groups excluding tert-OH is 1. The van der Waals surface area contributed by atoms with Gasteiger partial charge in [-0.3, -0.25) is 5.32 Å². The normalized spacial score (nSPS) is 15.2. The zero-order valence-electron chi connectivity index (χ0n) is 17.7. The van der Waals surface area contributed by atoms with Gasteiger partial charge in [0.25, 0.3) is 0 Å². The van der Waals surface area contributed by atoms with E-state index in [-0.39, 0.29) is 18.4 Å². The van der Waals surface area contributed by atoms with Crippen LogP contribution in [0, 0.1) is 0 Å². The molecule has 3 heteroatoms. The molecule has 0 aliphatic rings. The van der Waals surface area contributed by atoms with Crippen molar-refractivity contribution >= 4 is 0 Å². The summed E-state index contributed by atoms with van der Waals surface area (Å²) < 4.78 is 6.26. The van der Waals surface area contributed by atoms with E-state index in [0.717, 1.165) is 38.6 Å². The van der Waals surface area contributed by atoms with Gasteiger partial charge < -0.3 is 9.84 Å². The second-order valence-electron chi connectivity index (χ2n) is 7.48. The monoisotopic (exact) mass is 357 g/mol. The highest BCUT2D eigenvalue weighted by molar-refractivity contribution is 4.71. The van der Waals surface area contributed by atoms with Gasteiger partial charge in [0.1, 0.15) is 6.23 Å². The Balaban J connectivity index is 4.05. The van der Waals surface area contributed by atoms with Crippen LogP contribution in [0.5, 0.6) is 0 Å². The third-order valence-corrected chi connectivity index (χ3v) is 4.93. The van der Waals surface area contributed by atoms with Crippen LogP contribution in [0.2, 0.25) is 0 Å². The van der Waals surface area contributed by atoms with Crippen molar-refractivity contribution in [2.24, 2.45) is 0 Å². The minimum absolute atomic E-state index is 0.0138. The van der Waals surface area contributed by atoms with Crippen LogP contribution < -0.4 is 5.32 Å². The van der Waals surface area contributed by atoms with Gasteiger partial charge in [-0.2, -0.15) is 0 Å². The summed E-state index contributed by atoms with van der Waals surface area (Å²) in [6, 6.07) is 0. The Morgan fingerprint density at radius 3 is 1.76 bits per heavy atom. The lowest BCUT2D eigenvalue weighted by atomic mass is 10.0. The van der Waals surface area contributed by atoms with Crippen LogP contribution in [0.15, 0.2) is 0 Å². The van der Waals surface area contributed by atoms with Gasteiger partial charge in [0.15, 0.2) is 0 Å². The van der Waals surface area contributed by atoms with E-state index in [2.05, 4.69) is 33.0 Å². The van der Waals surface area contributed by atoms with Crippen molar-refractivity contribution in [2.45, 2.75) is 136 Å². The van der Waals surface area contributed by atoms with E-state index < -0.39 is 0 Å². The number of ether oxygens (including phenoxy) is 1. The van der Waals surface area contributed by atoms with Crippen LogP contribution >= 0.6 is 0 Å². The van der Waals surface area contributed by atoms with Gasteiger partial charge in [0.2, 0.25) is 0 Å². The fourth-order valence-electron chi connectivity index (χ4n) is 3.41. The summed E-state index contributed by atoms with van der Waals surface area (Å²) in [5.41, 5.74) is 0. The summed E-state index contributed by atoms with van der Waals surface area (Å²) in [6.07, 6.45) is 16.7. The summed E-state index contributed by atoms with van der Waals surface area (Å²) >= 11 is 0. The Morgan fingerprint density at radius 1 is 0.680 bits per heavy atom. The lowest BCUT2D eigenvalue weighted by Crippen LogP contribution is -2.40. The average molecular weight is 358 g/mol. The number of nitrogens with one attached hydrogen (secondary N) is 1. The second-order valence-corrected chi connectivity index (χ2v) is 7.48. The maximum Gasteiger partial charge on any atom is 0.108 e. The van der Waals surface area contributed by atoms with Crippen LogP contribution in [0.25, 0.3) is 0 Å². The van der Waals surface area contributed by atoms with Crippen LogP contribution in [0.3, 0.4) is 0 Å².